The Balaban J connectivity index is -0.000000142. The van der Waals surface area contributed by atoms with Crippen molar-refractivity contribution >= 4 is 23.5 Å². The molecule has 0 aliphatic heterocycles. The van der Waals surface area contributed by atoms with Crippen LogP contribution < -0.4 is 0 Å². The molecule has 0 saturated heterocycles. The number of aliphatic hydroxyl groups is 29. The first-order valence-electron chi connectivity index (χ1n) is 50.7. The van der Waals surface area contributed by atoms with Crippen LogP contribution in [0.2, 0.25) is 0 Å². The number of hydrogen-bond donors (Lipinski definition) is 29. The molecular weight excluding hydrogens is 1790 g/mol. The number of ketones is 2. The first kappa shape index (κ1) is 157. The van der Waals surface area contributed by atoms with Gasteiger partial charge in [-0.2, -0.15) is 0 Å². The highest BCUT2D eigenvalue weighted by molar-refractivity contribution is 5.81. The van der Waals surface area contributed by atoms with Gasteiger partial charge in [0.25, 0.3) is 0 Å². The number of ether oxygens (including phenoxy) is 3. The van der Waals surface area contributed by atoms with E-state index in [1.807, 2.05) is 69.2 Å². The van der Waals surface area contributed by atoms with Gasteiger partial charge in [0, 0.05) is 37.7 Å². The van der Waals surface area contributed by atoms with Crippen molar-refractivity contribution in [3.05, 3.63) is 0 Å². The molecule has 0 bridgehead atoms. The number of esters is 2. The molecule has 29 N–H and O–H groups in total. The summed E-state index contributed by atoms with van der Waals surface area (Å²) in [5, 5.41) is 269. The number of hydrogen-bond acceptors (Lipinski definition) is 36. The second kappa shape index (κ2) is 95.3. The Morgan fingerprint density at radius 2 is 0.438 bits per heavy atom. The molecule has 0 unspecified atom stereocenters. The zero-order chi connectivity index (χ0) is 110. The summed E-state index contributed by atoms with van der Waals surface area (Å²) in [5.74, 6) is 0.374. The SMILES string of the molecule is CC[C@@H](O)[C@@H](O)C(C)C.CC[C@@H](O)[C@@H](O)CCC(=O)C(C)C.CC[C@@H](O)[C@@H](O)CCC(=O)OC(C)C.CC[C@@H](O)[C@@H](O)[C@H](O)C(C)C.CC[C@@H](O)[C@@H](O)[C@H](O)CC(=O)C(C)C.CC[C@@H](O)[C@@H](O)[C@H](O)CC(=O)OC(C)C.CC[C@@H](O)[C@@H](O)[C@H](O)CCC(C)C.CC[C@@H](O)[C@@H](O)[C@H](O)CCCC(C)C.CC[C@@H](O)[C@@H](O)[C@H](O)CCOC(C)C.CC[C@@H](O)[C@H](O)C(C)C.CC[C@@H](O)[C@H](O)[C@@H](O)C(C)C. The quantitative estimate of drug-likeness (QED) is 0.0300. The monoisotopic (exact) mass is 2010 g/mol. The van der Waals surface area contributed by atoms with Crippen molar-refractivity contribution < 1.29 is 181 Å². The summed E-state index contributed by atoms with van der Waals surface area (Å²) in [5.41, 5.74) is 0. The second-order valence-corrected chi connectivity index (χ2v) is 38.9. The fourth-order valence-electron chi connectivity index (χ4n) is 11.0. The van der Waals surface area contributed by atoms with Gasteiger partial charge in [0.05, 0.1) is 159 Å². The molecule has 137 heavy (non-hydrogen) atoms. The van der Waals surface area contributed by atoms with E-state index in [0.29, 0.717) is 121 Å². The normalized spacial score (nSPS) is 17.8. The lowest BCUT2D eigenvalue weighted by Gasteiger charge is -2.24. The van der Waals surface area contributed by atoms with Crippen molar-refractivity contribution in [3.8, 4) is 0 Å². The number of Topliss-reactive ketones (excluding diaryl/α,β-unsaturated/α-hetero) is 2. The predicted molar refractivity (Wildman–Crippen MR) is 535 cm³/mol. The van der Waals surface area contributed by atoms with Gasteiger partial charge in [0.15, 0.2) is 0 Å². The Hall–Kier alpha value is -2.92. The minimum atomic E-state index is -1.31. The number of rotatable bonds is 58. The third-order valence-corrected chi connectivity index (χ3v) is 21.8. The molecule has 0 aliphatic carbocycles. The molecule has 0 radical (unpaired) electrons. The largest absolute Gasteiger partial charge is 0.463 e. The van der Waals surface area contributed by atoms with Gasteiger partial charge in [0.1, 0.15) is 54.3 Å². The Kier molecular flexibility index (Phi) is 109. The molecule has 0 aliphatic rings. The zero-order valence-corrected chi connectivity index (χ0v) is 90.9. The molecular formula is C101H216O36. The van der Waals surface area contributed by atoms with E-state index in [1.165, 1.54) is 0 Å². The van der Waals surface area contributed by atoms with Crippen LogP contribution in [0, 0.1) is 47.3 Å². The van der Waals surface area contributed by atoms with E-state index < -0.39 is 183 Å². The summed E-state index contributed by atoms with van der Waals surface area (Å²) in [7, 11) is 0. The third-order valence-electron chi connectivity index (χ3n) is 21.8. The highest BCUT2D eigenvalue weighted by Crippen LogP contribution is 2.20. The van der Waals surface area contributed by atoms with Crippen LogP contribution in [0.1, 0.15) is 376 Å². The van der Waals surface area contributed by atoms with E-state index in [2.05, 4.69) is 27.7 Å². The van der Waals surface area contributed by atoms with Crippen LogP contribution in [-0.2, 0) is 33.4 Å². The maximum Gasteiger partial charge on any atom is 0.308 e. The molecule has 0 fully saturated rings. The van der Waals surface area contributed by atoms with Gasteiger partial charge in [-0.15, -0.1) is 0 Å². The second-order valence-electron chi connectivity index (χ2n) is 38.9. The van der Waals surface area contributed by atoms with Crippen molar-refractivity contribution in [1.82, 2.24) is 0 Å². The number of aliphatic hydroxyl groups excluding tert-OH is 29. The van der Waals surface area contributed by atoms with Gasteiger partial charge in [0.2, 0.25) is 0 Å². The average Bonchev–Trinajstić information content (AvgIpc) is 0.917. The molecule has 0 heterocycles. The maximum absolute atomic E-state index is 11.2. The Morgan fingerprint density at radius 1 is 0.197 bits per heavy atom. The van der Waals surface area contributed by atoms with Crippen LogP contribution in [0.5, 0.6) is 0 Å². The predicted octanol–water partition coefficient (Wildman–Crippen LogP) is 6.22. The summed E-state index contributed by atoms with van der Waals surface area (Å²) in [6.45, 7) is 61.0. The zero-order valence-electron chi connectivity index (χ0n) is 90.9. The van der Waals surface area contributed by atoms with Crippen molar-refractivity contribution in [3.63, 3.8) is 0 Å². The van der Waals surface area contributed by atoms with Crippen LogP contribution in [0.25, 0.3) is 0 Å². The summed E-state index contributed by atoms with van der Waals surface area (Å²) in [6, 6.07) is 0. The number of carbonyl (C=O) groups excluding carboxylic acids is 4. The van der Waals surface area contributed by atoms with Crippen LogP contribution in [0.4, 0.5) is 0 Å². The molecule has 0 aromatic heterocycles. The Bertz CT molecular complexity index is 2530. The minimum absolute atomic E-state index is 0.0194. The molecule has 0 amide bonds. The first-order chi connectivity index (χ1) is 62.9. The summed E-state index contributed by atoms with van der Waals surface area (Å²) in [6.07, 6.45) is -15.6. The topological polar surface area (TPSA) is 683 Å². The Labute approximate surface area is 826 Å². The highest BCUT2D eigenvalue weighted by Gasteiger charge is 2.32. The van der Waals surface area contributed by atoms with Crippen LogP contribution >= 0.6 is 0 Å². The smallest absolute Gasteiger partial charge is 0.308 e. The van der Waals surface area contributed by atoms with Crippen molar-refractivity contribution in [1.29, 1.82) is 0 Å². The minimum Gasteiger partial charge on any atom is -0.463 e. The van der Waals surface area contributed by atoms with Crippen LogP contribution in [0.15, 0.2) is 0 Å². The molecule has 0 rings (SSSR count). The van der Waals surface area contributed by atoms with Gasteiger partial charge in [-0.05, 0) is 186 Å². The lowest BCUT2D eigenvalue weighted by Crippen LogP contribution is -2.39. The van der Waals surface area contributed by atoms with Crippen LogP contribution in [-0.4, -0.2) is 374 Å². The van der Waals surface area contributed by atoms with E-state index >= 15 is 0 Å². The van der Waals surface area contributed by atoms with E-state index in [1.54, 1.807) is 132 Å². The summed E-state index contributed by atoms with van der Waals surface area (Å²) < 4.78 is 14.9. The average molecular weight is 2010 g/mol. The van der Waals surface area contributed by atoms with E-state index in [4.69, 9.17) is 44.8 Å². The molecule has 0 aromatic rings. The lowest BCUT2D eigenvalue weighted by molar-refractivity contribution is -0.153. The van der Waals surface area contributed by atoms with E-state index in [9.17, 15) is 137 Å². The first-order valence-corrected chi connectivity index (χ1v) is 50.7. The molecule has 36 heteroatoms. The fourth-order valence-corrected chi connectivity index (χ4v) is 11.0. The van der Waals surface area contributed by atoms with Gasteiger partial charge in [-0.1, -0.05) is 200 Å². The van der Waals surface area contributed by atoms with Crippen LogP contribution in [0.3, 0.4) is 0 Å². The molecule has 0 spiro atoms. The van der Waals surface area contributed by atoms with Crippen molar-refractivity contribution in [2.24, 2.45) is 47.3 Å². The van der Waals surface area contributed by atoms with Crippen molar-refractivity contribution in [2.45, 2.75) is 571 Å². The van der Waals surface area contributed by atoms with Gasteiger partial charge in [-0.3, -0.25) is 19.2 Å². The Morgan fingerprint density at radius 3 is 0.686 bits per heavy atom. The molecule has 29 atom stereocenters. The number of carbonyl (C=O) groups is 4. The molecule has 36 nitrogen and oxygen atoms in total. The summed E-state index contributed by atoms with van der Waals surface area (Å²) in [4.78, 5) is 44.5. The molecule has 836 valence electrons. The third kappa shape index (κ3) is 91.5. The molecule has 0 aromatic carbocycles. The highest BCUT2D eigenvalue weighted by atomic mass is 16.5. The standard InChI is InChI=1S/C11H24O3.C10H20O5.C10H22O4.2C10H20O4.C10H20O3.C10H22O3.2C8H18O3.2C7H16O2/c1-4-9(12)11(14)10(13)7-5-6-8(2)3;1-4-7(11)10(14)8(12)5-9(13)15-6(2)3;1-4-8(11)10(13)9(12)5-6-14-7(2)3;1-4-8(11)9(12)5-6-10(13)14-7(2)3;1-4-7(11)10(14)9(13)5-8(12)6(2)3;1-4-8(11)10(13)6-5-9(12)7(2)3;1-4-8(11)10(13)9(12)6-5-7(2)3;2*1-4-6(9)8(11)7(10)5(2)3;2*1-4-6(8)7(9)5(2)3/h8-14H,4-7H2,1-3H3;6-8,10-12,14H,4-5H2,1-3H3;7-13H,4-6H2,1-3H3;7-9,11-12H,4-6H2,1-3H3;6-7,9-11,13-14H,4-5H2,1-3H3;7-8,10-11,13H,4-6H2,1-3H3;7-13H,4-6H2,1-3H3;2*5-11H,4H2,1-3H3;2*5-9H,4H2,1-3H3/t9-,10-,11-;7-,8-,10-;8-,9-,10-;8-,9+;7-,9-,10-;8-,10+;8-,9-,10-;6-,7+,8+;6-,7-,8-;6-,7+;6-,7-/m11111111111/s1. The summed E-state index contributed by atoms with van der Waals surface area (Å²) >= 11 is 0. The fraction of sp³-hybridized carbons (Fsp3) is 0.960. The van der Waals surface area contributed by atoms with Gasteiger partial charge >= 0.3 is 11.9 Å². The maximum atomic E-state index is 11.2. The van der Waals surface area contributed by atoms with Gasteiger partial charge in [-0.25, -0.2) is 0 Å². The van der Waals surface area contributed by atoms with Gasteiger partial charge < -0.3 is 162 Å². The van der Waals surface area contributed by atoms with E-state index in [0.717, 1.165) is 19.3 Å². The lowest BCUT2D eigenvalue weighted by atomic mass is 9.97. The van der Waals surface area contributed by atoms with Crippen molar-refractivity contribution in [2.75, 3.05) is 6.61 Å². The molecule has 0 saturated carbocycles. The van der Waals surface area contributed by atoms with E-state index in [-0.39, 0.29) is 97.0 Å².